The molecule has 0 saturated carbocycles. The SMILES string of the molecule is CS(=O)(=O)c1c(Cl)cc(N)cc1Cl. The summed E-state index contributed by atoms with van der Waals surface area (Å²) in [5, 5.41) is 0.0972. The summed E-state index contributed by atoms with van der Waals surface area (Å²) in [6.45, 7) is 0. The van der Waals surface area contributed by atoms with E-state index in [1.165, 1.54) is 12.1 Å². The van der Waals surface area contributed by atoms with Gasteiger partial charge in [0.15, 0.2) is 9.84 Å². The molecule has 0 heterocycles. The maximum Gasteiger partial charge on any atom is 0.178 e. The molecule has 1 aromatic rings. The van der Waals surface area contributed by atoms with Crippen LogP contribution >= 0.6 is 23.2 Å². The Labute approximate surface area is 86.4 Å². The van der Waals surface area contributed by atoms with Crippen molar-refractivity contribution in [3.05, 3.63) is 22.2 Å². The second-order valence-electron chi connectivity index (χ2n) is 2.59. The van der Waals surface area contributed by atoms with Crippen LogP contribution in [0.15, 0.2) is 17.0 Å². The number of nitrogens with two attached hydrogens (primary N) is 1. The highest BCUT2D eigenvalue weighted by atomic mass is 35.5. The molecule has 72 valence electrons. The Bertz CT molecular complexity index is 419. The van der Waals surface area contributed by atoms with E-state index >= 15 is 0 Å². The first-order valence-corrected chi connectivity index (χ1v) is 5.91. The van der Waals surface area contributed by atoms with Crippen molar-refractivity contribution >= 4 is 38.7 Å². The van der Waals surface area contributed by atoms with Crippen LogP contribution < -0.4 is 5.73 Å². The van der Waals surface area contributed by atoms with Crippen LogP contribution in [0.1, 0.15) is 0 Å². The van der Waals surface area contributed by atoms with Gasteiger partial charge in [-0.15, -0.1) is 0 Å². The number of hydrogen-bond acceptors (Lipinski definition) is 3. The Hall–Kier alpha value is -0.450. The van der Waals surface area contributed by atoms with E-state index in [9.17, 15) is 8.42 Å². The maximum absolute atomic E-state index is 11.2. The lowest BCUT2D eigenvalue weighted by molar-refractivity contribution is 0.602. The summed E-state index contributed by atoms with van der Waals surface area (Å²) >= 11 is 11.4. The van der Waals surface area contributed by atoms with Crippen molar-refractivity contribution in [2.24, 2.45) is 0 Å². The third-order valence-corrected chi connectivity index (χ3v) is 3.39. The van der Waals surface area contributed by atoms with Gasteiger partial charge in [-0.05, 0) is 12.1 Å². The van der Waals surface area contributed by atoms with E-state index < -0.39 is 9.84 Å². The van der Waals surface area contributed by atoms with Crippen LogP contribution in [0.25, 0.3) is 0 Å². The lowest BCUT2D eigenvalue weighted by Crippen LogP contribution is -2.00. The Balaban J connectivity index is 3.57. The van der Waals surface area contributed by atoms with Crippen LogP contribution in [-0.4, -0.2) is 14.7 Å². The van der Waals surface area contributed by atoms with Gasteiger partial charge >= 0.3 is 0 Å². The monoisotopic (exact) mass is 239 g/mol. The van der Waals surface area contributed by atoms with E-state index in [-0.39, 0.29) is 14.9 Å². The Morgan fingerprint density at radius 3 is 1.92 bits per heavy atom. The molecule has 3 nitrogen and oxygen atoms in total. The first-order valence-electron chi connectivity index (χ1n) is 3.27. The molecule has 0 unspecified atom stereocenters. The third kappa shape index (κ3) is 2.27. The molecular formula is C7H7Cl2NO2S. The minimum atomic E-state index is -3.40. The average molecular weight is 240 g/mol. The molecule has 2 N–H and O–H groups in total. The smallest absolute Gasteiger partial charge is 0.178 e. The number of benzene rings is 1. The molecule has 0 aliphatic heterocycles. The fourth-order valence-corrected chi connectivity index (χ4v) is 3.10. The van der Waals surface area contributed by atoms with Gasteiger partial charge in [-0.2, -0.15) is 0 Å². The van der Waals surface area contributed by atoms with Crippen LogP contribution in [0.4, 0.5) is 5.69 Å². The molecule has 1 rings (SSSR count). The second kappa shape index (κ2) is 3.36. The molecule has 0 amide bonds. The van der Waals surface area contributed by atoms with Gasteiger partial charge in [0.1, 0.15) is 4.90 Å². The first-order chi connectivity index (χ1) is 5.82. The molecule has 0 radical (unpaired) electrons. The van der Waals surface area contributed by atoms with Crippen molar-refractivity contribution in [3.63, 3.8) is 0 Å². The predicted molar refractivity (Wildman–Crippen MR) is 54.0 cm³/mol. The Kier molecular flexibility index (Phi) is 2.75. The van der Waals surface area contributed by atoms with Crippen molar-refractivity contribution in [1.82, 2.24) is 0 Å². The van der Waals surface area contributed by atoms with Crippen LogP contribution in [0.2, 0.25) is 10.0 Å². The summed E-state index contributed by atoms with van der Waals surface area (Å²) in [6.07, 6.45) is 1.04. The maximum atomic E-state index is 11.2. The van der Waals surface area contributed by atoms with Gasteiger partial charge in [0, 0.05) is 11.9 Å². The van der Waals surface area contributed by atoms with E-state index in [2.05, 4.69) is 0 Å². The number of hydrogen-bond donors (Lipinski definition) is 1. The van der Waals surface area contributed by atoms with Crippen molar-refractivity contribution in [2.75, 3.05) is 12.0 Å². The number of sulfone groups is 1. The molecule has 0 atom stereocenters. The summed E-state index contributed by atoms with van der Waals surface area (Å²) < 4.78 is 22.4. The van der Waals surface area contributed by atoms with Gasteiger partial charge in [0.25, 0.3) is 0 Å². The van der Waals surface area contributed by atoms with Crippen molar-refractivity contribution in [2.45, 2.75) is 4.90 Å². The van der Waals surface area contributed by atoms with Crippen molar-refractivity contribution in [3.8, 4) is 0 Å². The second-order valence-corrected chi connectivity index (χ2v) is 5.35. The van der Waals surface area contributed by atoms with Gasteiger partial charge in [0.05, 0.1) is 10.0 Å². The van der Waals surface area contributed by atoms with Gasteiger partial charge in [-0.1, -0.05) is 23.2 Å². The predicted octanol–water partition coefficient (Wildman–Crippen LogP) is 1.98. The molecule has 13 heavy (non-hydrogen) atoms. The summed E-state index contributed by atoms with van der Waals surface area (Å²) in [5.41, 5.74) is 5.74. The Morgan fingerprint density at radius 1 is 1.23 bits per heavy atom. The Morgan fingerprint density at radius 2 is 1.62 bits per heavy atom. The molecule has 0 saturated heterocycles. The van der Waals surface area contributed by atoms with E-state index in [0.29, 0.717) is 5.69 Å². The lowest BCUT2D eigenvalue weighted by atomic mass is 10.3. The van der Waals surface area contributed by atoms with Gasteiger partial charge in [-0.25, -0.2) is 8.42 Å². The van der Waals surface area contributed by atoms with Crippen LogP contribution in [-0.2, 0) is 9.84 Å². The molecule has 1 aromatic carbocycles. The summed E-state index contributed by atoms with van der Waals surface area (Å²) in [6, 6.07) is 2.70. The first kappa shape index (κ1) is 10.6. The summed E-state index contributed by atoms with van der Waals surface area (Å²) in [7, 11) is -3.40. The normalized spacial score (nSPS) is 11.6. The number of rotatable bonds is 1. The van der Waals surface area contributed by atoms with Gasteiger partial charge < -0.3 is 5.73 Å². The zero-order valence-electron chi connectivity index (χ0n) is 6.71. The van der Waals surface area contributed by atoms with Crippen LogP contribution in [0, 0.1) is 0 Å². The molecule has 0 spiro atoms. The van der Waals surface area contributed by atoms with Gasteiger partial charge in [-0.3, -0.25) is 0 Å². The highest BCUT2D eigenvalue weighted by Gasteiger charge is 2.16. The highest BCUT2D eigenvalue weighted by Crippen LogP contribution is 2.31. The summed E-state index contributed by atoms with van der Waals surface area (Å²) in [4.78, 5) is -0.0787. The zero-order valence-corrected chi connectivity index (χ0v) is 9.04. The summed E-state index contributed by atoms with van der Waals surface area (Å²) in [5.74, 6) is 0. The van der Waals surface area contributed by atoms with E-state index in [4.69, 9.17) is 28.9 Å². The van der Waals surface area contributed by atoms with E-state index in [1.807, 2.05) is 0 Å². The van der Waals surface area contributed by atoms with Crippen molar-refractivity contribution < 1.29 is 8.42 Å². The molecule has 6 heteroatoms. The van der Waals surface area contributed by atoms with Gasteiger partial charge in [0.2, 0.25) is 0 Å². The molecular weight excluding hydrogens is 233 g/mol. The van der Waals surface area contributed by atoms with E-state index in [0.717, 1.165) is 6.26 Å². The molecule has 0 fully saturated rings. The number of halogens is 2. The fourth-order valence-electron chi connectivity index (χ4n) is 0.934. The third-order valence-electron chi connectivity index (χ3n) is 1.39. The van der Waals surface area contributed by atoms with Crippen LogP contribution in [0.3, 0.4) is 0 Å². The fraction of sp³-hybridized carbons (Fsp3) is 0.143. The molecule has 0 aliphatic rings. The number of anilines is 1. The topological polar surface area (TPSA) is 60.2 Å². The quantitative estimate of drug-likeness (QED) is 0.763. The zero-order chi connectivity index (χ0) is 10.2. The molecule has 0 bridgehead atoms. The molecule has 0 aromatic heterocycles. The average Bonchev–Trinajstić information content (AvgIpc) is 1.78. The van der Waals surface area contributed by atoms with E-state index in [1.54, 1.807) is 0 Å². The van der Waals surface area contributed by atoms with Crippen molar-refractivity contribution in [1.29, 1.82) is 0 Å². The minimum Gasteiger partial charge on any atom is -0.399 e. The van der Waals surface area contributed by atoms with Crippen LogP contribution in [0.5, 0.6) is 0 Å². The number of nitrogen functional groups attached to an aromatic ring is 1. The minimum absolute atomic E-state index is 0.0486. The standard InChI is InChI=1S/C7H7Cl2NO2S/c1-13(11,12)7-5(8)2-4(10)3-6(7)9/h2-3H,10H2,1H3. The largest absolute Gasteiger partial charge is 0.399 e. The molecule has 0 aliphatic carbocycles. The highest BCUT2D eigenvalue weighted by molar-refractivity contribution is 7.91. The lowest BCUT2D eigenvalue weighted by Gasteiger charge is -2.05.